The Kier molecular flexibility index (Phi) is 3.95. The number of nitrogens with zero attached hydrogens (tertiary/aromatic N) is 1. The van der Waals surface area contributed by atoms with Crippen LogP contribution in [0.3, 0.4) is 0 Å². The average molecular weight is 270 g/mol. The van der Waals surface area contributed by atoms with Gasteiger partial charge in [0.05, 0.1) is 23.3 Å². The molecule has 1 heterocycles. The lowest BCUT2D eigenvalue weighted by molar-refractivity contribution is -0.132. The topological polar surface area (TPSA) is 97.1 Å². The van der Waals surface area contributed by atoms with Crippen molar-refractivity contribution in [2.45, 2.75) is 6.92 Å². The van der Waals surface area contributed by atoms with E-state index in [2.05, 4.69) is 15.6 Å². The van der Waals surface area contributed by atoms with E-state index in [1.165, 1.54) is 6.20 Å². The molecule has 20 heavy (non-hydrogen) atoms. The van der Waals surface area contributed by atoms with Crippen molar-refractivity contribution in [3.63, 3.8) is 0 Å². The fourth-order valence-corrected chi connectivity index (χ4v) is 1.60. The highest BCUT2D eigenvalue weighted by molar-refractivity contribution is 6.43. The standard InChI is InChI=1S/C14H14N4O2/c1-9-4-5-12(11(15)7-9)18-14(20)13(19)17-10-3-2-6-16-8-10/h2-8H,15H2,1H3,(H,17,19)(H,18,20). The number of carbonyl (C=O) groups excluding carboxylic acids is 2. The second-order valence-corrected chi connectivity index (χ2v) is 4.24. The molecule has 0 bridgehead atoms. The fourth-order valence-electron chi connectivity index (χ4n) is 1.60. The molecule has 2 rings (SSSR count). The first kappa shape index (κ1) is 13.5. The molecule has 0 aliphatic carbocycles. The van der Waals surface area contributed by atoms with E-state index in [1.54, 1.807) is 36.5 Å². The van der Waals surface area contributed by atoms with Crippen LogP contribution in [0.5, 0.6) is 0 Å². The van der Waals surface area contributed by atoms with Crippen molar-refractivity contribution >= 4 is 28.9 Å². The van der Waals surface area contributed by atoms with Crippen LogP contribution >= 0.6 is 0 Å². The summed E-state index contributed by atoms with van der Waals surface area (Å²) in [6.07, 6.45) is 3.02. The van der Waals surface area contributed by atoms with Gasteiger partial charge in [0.15, 0.2) is 0 Å². The molecule has 0 fully saturated rings. The largest absolute Gasteiger partial charge is 0.397 e. The van der Waals surface area contributed by atoms with Gasteiger partial charge >= 0.3 is 11.8 Å². The molecule has 0 atom stereocenters. The molecule has 0 aliphatic rings. The number of rotatable bonds is 2. The normalized spacial score (nSPS) is 9.85. The molecule has 0 radical (unpaired) electrons. The summed E-state index contributed by atoms with van der Waals surface area (Å²) in [5, 5.41) is 4.90. The summed E-state index contributed by atoms with van der Waals surface area (Å²) < 4.78 is 0. The van der Waals surface area contributed by atoms with Crippen LogP contribution in [0.4, 0.5) is 17.1 Å². The number of amides is 2. The molecule has 2 amide bonds. The maximum atomic E-state index is 11.8. The van der Waals surface area contributed by atoms with E-state index in [1.807, 2.05) is 6.92 Å². The monoisotopic (exact) mass is 270 g/mol. The van der Waals surface area contributed by atoms with Crippen LogP contribution in [0.15, 0.2) is 42.7 Å². The Morgan fingerprint density at radius 2 is 1.90 bits per heavy atom. The van der Waals surface area contributed by atoms with Gasteiger partial charge in [-0.1, -0.05) is 6.07 Å². The van der Waals surface area contributed by atoms with Crippen LogP contribution in [0, 0.1) is 6.92 Å². The minimum Gasteiger partial charge on any atom is -0.397 e. The first-order valence-electron chi connectivity index (χ1n) is 5.95. The first-order chi connectivity index (χ1) is 9.56. The fraction of sp³-hybridized carbons (Fsp3) is 0.0714. The number of nitrogens with one attached hydrogen (secondary N) is 2. The summed E-state index contributed by atoms with van der Waals surface area (Å²) in [6.45, 7) is 1.89. The van der Waals surface area contributed by atoms with Crippen molar-refractivity contribution in [3.8, 4) is 0 Å². The SMILES string of the molecule is Cc1ccc(NC(=O)C(=O)Nc2cccnc2)c(N)c1. The van der Waals surface area contributed by atoms with Crippen LogP contribution in [0.1, 0.15) is 5.56 Å². The van der Waals surface area contributed by atoms with Crippen LogP contribution in [0.25, 0.3) is 0 Å². The van der Waals surface area contributed by atoms with E-state index >= 15 is 0 Å². The summed E-state index contributed by atoms with van der Waals surface area (Å²) in [5.41, 5.74) is 8.00. The van der Waals surface area contributed by atoms with Crippen molar-refractivity contribution in [1.82, 2.24) is 4.98 Å². The van der Waals surface area contributed by atoms with Crippen molar-refractivity contribution < 1.29 is 9.59 Å². The number of nitrogens with two attached hydrogens (primary N) is 1. The number of hydrogen-bond donors (Lipinski definition) is 3. The molecule has 0 saturated carbocycles. The number of aryl methyl sites for hydroxylation is 1. The molecular formula is C14H14N4O2. The third kappa shape index (κ3) is 3.32. The lowest BCUT2D eigenvalue weighted by Crippen LogP contribution is -2.29. The van der Waals surface area contributed by atoms with Gasteiger partial charge in [-0.05, 0) is 36.8 Å². The third-order valence-corrected chi connectivity index (χ3v) is 2.58. The third-order valence-electron chi connectivity index (χ3n) is 2.58. The highest BCUT2D eigenvalue weighted by Crippen LogP contribution is 2.19. The number of carbonyl (C=O) groups is 2. The van der Waals surface area contributed by atoms with Gasteiger partial charge in [0, 0.05) is 6.20 Å². The number of nitrogen functional groups attached to an aromatic ring is 1. The minimum atomic E-state index is -0.788. The van der Waals surface area contributed by atoms with Gasteiger partial charge in [0.2, 0.25) is 0 Å². The molecule has 2 aromatic rings. The van der Waals surface area contributed by atoms with Crippen LogP contribution < -0.4 is 16.4 Å². The summed E-state index contributed by atoms with van der Waals surface area (Å²) in [4.78, 5) is 27.3. The quantitative estimate of drug-likeness (QED) is 0.569. The van der Waals surface area contributed by atoms with E-state index in [0.29, 0.717) is 17.1 Å². The van der Waals surface area contributed by atoms with Gasteiger partial charge in [0.25, 0.3) is 0 Å². The zero-order valence-electron chi connectivity index (χ0n) is 10.9. The van der Waals surface area contributed by atoms with Crippen molar-refractivity contribution in [3.05, 3.63) is 48.3 Å². The number of aromatic nitrogens is 1. The molecule has 0 unspecified atom stereocenters. The Labute approximate surface area is 116 Å². The summed E-state index contributed by atoms with van der Waals surface area (Å²) in [6, 6.07) is 8.46. The maximum absolute atomic E-state index is 11.8. The van der Waals surface area contributed by atoms with Gasteiger partial charge in [-0.2, -0.15) is 0 Å². The Balaban J connectivity index is 2.03. The zero-order chi connectivity index (χ0) is 14.5. The number of anilines is 3. The van der Waals surface area contributed by atoms with E-state index in [0.717, 1.165) is 5.56 Å². The highest BCUT2D eigenvalue weighted by atomic mass is 16.2. The Morgan fingerprint density at radius 1 is 1.15 bits per heavy atom. The molecule has 0 spiro atoms. The lowest BCUT2D eigenvalue weighted by Gasteiger charge is -2.09. The second kappa shape index (κ2) is 5.83. The van der Waals surface area contributed by atoms with Gasteiger partial charge in [0.1, 0.15) is 0 Å². The Hall–Kier alpha value is -2.89. The van der Waals surface area contributed by atoms with Crippen molar-refractivity contribution in [2.75, 3.05) is 16.4 Å². The summed E-state index contributed by atoms with van der Waals surface area (Å²) >= 11 is 0. The predicted octanol–water partition coefficient (Wildman–Crippen LogP) is 1.55. The highest BCUT2D eigenvalue weighted by Gasteiger charge is 2.15. The molecule has 6 nitrogen and oxygen atoms in total. The van der Waals surface area contributed by atoms with Crippen LogP contribution in [-0.4, -0.2) is 16.8 Å². The second-order valence-electron chi connectivity index (χ2n) is 4.24. The summed E-state index contributed by atoms with van der Waals surface area (Å²) in [5.74, 6) is -1.57. The minimum absolute atomic E-state index is 0.405. The van der Waals surface area contributed by atoms with Crippen molar-refractivity contribution in [1.29, 1.82) is 0 Å². The predicted molar refractivity (Wildman–Crippen MR) is 77.1 cm³/mol. The average Bonchev–Trinajstić information content (AvgIpc) is 2.43. The molecule has 1 aromatic heterocycles. The maximum Gasteiger partial charge on any atom is 0.314 e. The summed E-state index contributed by atoms with van der Waals surface area (Å²) in [7, 11) is 0. The van der Waals surface area contributed by atoms with Gasteiger partial charge < -0.3 is 16.4 Å². The first-order valence-corrected chi connectivity index (χ1v) is 5.95. The van der Waals surface area contributed by atoms with E-state index < -0.39 is 11.8 Å². The van der Waals surface area contributed by atoms with Gasteiger partial charge in [-0.3, -0.25) is 14.6 Å². The lowest BCUT2D eigenvalue weighted by atomic mass is 10.2. The molecule has 0 aliphatic heterocycles. The molecular weight excluding hydrogens is 256 g/mol. The smallest absolute Gasteiger partial charge is 0.314 e. The van der Waals surface area contributed by atoms with Gasteiger partial charge in [-0.25, -0.2) is 0 Å². The van der Waals surface area contributed by atoms with Crippen molar-refractivity contribution in [2.24, 2.45) is 0 Å². The number of hydrogen-bond acceptors (Lipinski definition) is 4. The zero-order valence-corrected chi connectivity index (χ0v) is 10.9. The molecule has 0 saturated heterocycles. The van der Waals surface area contributed by atoms with E-state index in [4.69, 9.17) is 5.73 Å². The molecule has 4 N–H and O–H groups in total. The Morgan fingerprint density at radius 3 is 2.55 bits per heavy atom. The number of pyridine rings is 1. The van der Waals surface area contributed by atoms with Crippen LogP contribution in [0.2, 0.25) is 0 Å². The molecule has 6 heteroatoms. The number of benzene rings is 1. The van der Waals surface area contributed by atoms with Gasteiger partial charge in [-0.15, -0.1) is 0 Å². The molecule has 1 aromatic carbocycles. The van der Waals surface area contributed by atoms with E-state index in [9.17, 15) is 9.59 Å². The molecule has 102 valence electrons. The van der Waals surface area contributed by atoms with E-state index in [-0.39, 0.29) is 0 Å². The Bertz CT molecular complexity index is 641. The van der Waals surface area contributed by atoms with Crippen LogP contribution in [-0.2, 0) is 9.59 Å².